The summed E-state index contributed by atoms with van der Waals surface area (Å²) in [5.74, 6) is 1.01. The molecule has 168 valence electrons. The first kappa shape index (κ1) is 23.0. The molecule has 0 spiro atoms. The second-order valence-corrected chi connectivity index (χ2v) is 8.61. The molecule has 0 fully saturated rings. The van der Waals surface area contributed by atoms with E-state index >= 15 is 0 Å². The van der Waals surface area contributed by atoms with Gasteiger partial charge in [0, 0.05) is 31.7 Å². The summed E-state index contributed by atoms with van der Waals surface area (Å²) in [5, 5.41) is 0. The van der Waals surface area contributed by atoms with Gasteiger partial charge in [-0.25, -0.2) is 0 Å². The number of nitrogens with two attached hydrogens (primary N) is 1. The van der Waals surface area contributed by atoms with Crippen molar-refractivity contribution in [2.24, 2.45) is 0 Å². The van der Waals surface area contributed by atoms with Gasteiger partial charge in [-0.2, -0.15) is 9.97 Å². The van der Waals surface area contributed by atoms with Gasteiger partial charge in [0.2, 0.25) is 0 Å². The maximum Gasteiger partial charge on any atom is 0.320 e. The van der Waals surface area contributed by atoms with Crippen LogP contribution in [0.4, 0.5) is 11.6 Å². The van der Waals surface area contributed by atoms with E-state index < -0.39 is 0 Å². The number of carbonyl (C=O) groups is 1. The molecule has 2 heterocycles. The van der Waals surface area contributed by atoms with Crippen molar-refractivity contribution < 1.29 is 9.53 Å². The third-order valence-electron chi connectivity index (χ3n) is 5.59. The Kier molecular flexibility index (Phi) is 7.85. The number of rotatable bonds is 10. The van der Waals surface area contributed by atoms with Gasteiger partial charge in [0.05, 0.1) is 13.2 Å². The van der Waals surface area contributed by atoms with Gasteiger partial charge in [0.15, 0.2) is 0 Å². The molecule has 0 bridgehead atoms. The van der Waals surface area contributed by atoms with Crippen LogP contribution in [0.15, 0.2) is 24.3 Å². The van der Waals surface area contributed by atoms with E-state index in [1.165, 1.54) is 11.1 Å². The molecule has 0 saturated carbocycles. The van der Waals surface area contributed by atoms with Crippen LogP contribution in [0, 0.1) is 0 Å². The van der Waals surface area contributed by atoms with Crippen LogP contribution in [0.3, 0.4) is 0 Å². The fourth-order valence-corrected chi connectivity index (χ4v) is 3.84. The zero-order valence-corrected chi connectivity index (χ0v) is 19.2. The minimum Gasteiger partial charge on any atom is -0.463 e. The average Bonchev–Trinajstić information content (AvgIpc) is 2.72. The molecule has 1 aliphatic heterocycles. The standard InChI is InChI=1S/C24H35N5O2/c1-5-6-11-31-24-26-22(25)13-23(27-24)29(14-18(4)30)15-19-7-8-21-16-28(17(2)3)10-9-20(21)12-19/h7-8,12-13,17H,5-6,9-11,14-16H2,1-4H3,(H2,25,26,27). The highest BCUT2D eigenvalue weighted by atomic mass is 16.5. The van der Waals surface area contributed by atoms with Crippen molar-refractivity contribution >= 4 is 17.4 Å². The number of benzene rings is 1. The first-order valence-electron chi connectivity index (χ1n) is 11.2. The van der Waals surface area contributed by atoms with E-state index in [2.05, 4.69) is 53.8 Å². The molecule has 0 atom stereocenters. The lowest BCUT2D eigenvalue weighted by atomic mass is 9.96. The molecule has 0 amide bonds. The number of aromatic nitrogens is 2. The fourth-order valence-electron chi connectivity index (χ4n) is 3.84. The van der Waals surface area contributed by atoms with Crippen LogP contribution in [0.25, 0.3) is 0 Å². The average molecular weight is 426 g/mol. The molecule has 2 N–H and O–H groups in total. The number of Topliss-reactive ketones (excluding diaryl/α,β-unsaturated/α-hetero) is 1. The normalized spacial score (nSPS) is 13.8. The second-order valence-electron chi connectivity index (χ2n) is 8.61. The van der Waals surface area contributed by atoms with Crippen LogP contribution >= 0.6 is 0 Å². The number of unbranched alkanes of at least 4 members (excludes halogenated alkanes) is 1. The molecular formula is C24H35N5O2. The van der Waals surface area contributed by atoms with Crippen molar-refractivity contribution in [3.8, 4) is 6.01 Å². The SMILES string of the molecule is CCCCOc1nc(N)cc(N(CC(C)=O)Cc2ccc3c(c2)CCN(C(C)C)C3)n1. The maximum atomic E-state index is 12.0. The highest BCUT2D eigenvalue weighted by Gasteiger charge is 2.20. The third kappa shape index (κ3) is 6.40. The number of ether oxygens (including phenoxy) is 1. The number of ketones is 1. The quantitative estimate of drug-likeness (QED) is 0.582. The molecule has 7 heteroatoms. The van der Waals surface area contributed by atoms with E-state index in [0.717, 1.165) is 37.9 Å². The number of nitrogens with zero attached hydrogens (tertiary/aromatic N) is 4. The van der Waals surface area contributed by atoms with Crippen LogP contribution < -0.4 is 15.4 Å². The summed E-state index contributed by atoms with van der Waals surface area (Å²) in [6.45, 7) is 11.6. The minimum absolute atomic E-state index is 0.0659. The minimum atomic E-state index is 0.0659. The number of carbonyl (C=O) groups excluding carboxylic acids is 1. The molecule has 1 aliphatic rings. The van der Waals surface area contributed by atoms with Crippen molar-refractivity contribution in [1.82, 2.24) is 14.9 Å². The molecule has 2 aromatic rings. The van der Waals surface area contributed by atoms with Gasteiger partial charge in [-0.3, -0.25) is 9.69 Å². The number of hydrogen-bond donors (Lipinski definition) is 1. The number of fused-ring (bicyclic) bond motifs is 1. The van der Waals surface area contributed by atoms with Crippen molar-refractivity contribution in [3.05, 3.63) is 41.0 Å². The van der Waals surface area contributed by atoms with Crippen molar-refractivity contribution in [2.75, 3.05) is 30.3 Å². The van der Waals surface area contributed by atoms with Gasteiger partial charge < -0.3 is 15.4 Å². The Balaban J connectivity index is 1.80. The summed E-state index contributed by atoms with van der Waals surface area (Å²) >= 11 is 0. The van der Waals surface area contributed by atoms with Crippen LogP contribution in [0.5, 0.6) is 6.01 Å². The van der Waals surface area contributed by atoms with Crippen LogP contribution in [-0.4, -0.2) is 46.4 Å². The van der Waals surface area contributed by atoms with Gasteiger partial charge in [-0.05, 0) is 50.3 Å². The van der Waals surface area contributed by atoms with E-state index in [4.69, 9.17) is 10.5 Å². The van der Waals surface area contributed by atoms with Crippen LogP contribution in [0.2, 0.25) is 0 Å². The number of anilines is 2. The predicted octanol–water partition coefficient (Wildman–Crippen LogP) is 3.60. The highest BCUT2D eigenvalue weighted by molar-refractivity contribution is 5.80. The smallest absolute Gasteiger partial charge is 0.320 e. The van der Waals surface area contributed by atoms with Crippen molar-refractivity contribution in [3.63, 3.8) is 0 Å². The fraction of sp³-hybridized carbons (Fsp3) is 0.542. The first-order chi connectivity index (χ1) is 14.9. The first-order valence-corrected chi connectivity index (χ1v) is 11.2. The zero-order chi connectivity index (χ0) is 22.4. The third-order valence-corrected chi connectivity index (χ3v) is 5.59. The van der Waals surface area contributed by atoms with Gasteiger partial charge in [-0.15, -0.1) is 0 Å². The lowest BCUT2D eigenvalue weighted by Gasteiger charge is -2.32. The Morgan fingerprint density at radius 1 is 1.26 bits per heavy atom. The van der Waals surface area contributed by atoms with E-state index in [9.17, 15) is 4.79 Å². The summed E-state index contributed by atoms with van der Waals surface area (Å²) in [4.78, 5) is 25.1. The molecule has 0 radical (unpaired) electrons. The number of nitrogen functional groups attached to an aromatic ring is 1. The van der Waals surface area contributed by atoms with E-state index in [-0.39, 0.29) is 18.3 Å². The van der Waals surface area contributed by atoms with Crippen molar-refractivity contribution in [1.29, 1.82) is 0 Å². The summed E-state index contributed by atoms with van der Waals surface area (Å²) in [5.41, 5.74) is 9.94. The summed E-state index contributed by atoms with van der Waals surface area (Å²) in [6.07, 6.45) is 3.00. The Morgan fingerprint density at radius 3 is 2.77 bits per heavy atom. The Labute approximate surface area is 185 Å². The van der Waals surface area contributed by atoms with Crippen molar-refractivity contribution in [2.45, 2.75) is 66.1 Å². The highest BCUT2D eigenvalue weighted by Crippen LogP contribution is 2.24. The largest absolute Gasteiger partial charge is 0.463 e. The predicted molar refractivity (Wildman–Crippen MR) is 124 cm³/mol. The molecule has 1 aromatic carbocycles. The lowest BCUT2D eigenvalue weighted by molar-refractivity contribution is -0.115. The Hall–Kier alpha value is -2.67. The maximum absolute atomic E-state index is 12.0. The lowest BCUT2D eigenvalue weighted by Crippen LogP contribution is -2.36. The molecule has 0 saturated heterocycles. The molecule has 7 nitrogen and oxygen atoms in total. The topological polar surface area (TPSA) is 84.6 Å². The summed E-state index contributed by atoms with van der Waals surface area (Å²) in [6, 6.07) is 9.16. The zero-order valence-electron chi connectivity index (χ0n) is 19.2. The molecule has 31 heavy (non-hydrogen) atoms. The molecule has 1 aromatic heterocycles. The van der Waals surface area contributed by atoms with Crippen LogP contribution in [0.1, 0.15) is 57.2 Å². The summed E-state index contributed by atoms with van der Waals surface area (Å²) < 4.78 is 5.66. The second kappa shape index (κ2) is 10.6. The Bertz CT molecular complexity index is 900. The van der Waals surface area contributed by atoms with Crippen LogP contribution in [-0.2, 0) is 24.3 Å². The number of hydrogen-bond acceptors (Lipinski definition) is 7. The van der Waals surface area contributed by atoms with E-state index in [1.807, 2.05) is 4.90 Å². The molecular weight excluding hydrogens is 390 g/mol. The van der Waals surface area contributed by atoms with Gasteiger partial charge in [0.25, 0.3) is 0 Å². The monoisotopic (exact) mass is 425 g/mol. The molecule has 3 rings (SSSR count). The van der Waals surface area contributed by atoms with E-state index in [0.29, 0.717) is 30.8 Å². The summed E-state index contributed by atoms with van der Waals surface area (Å²) in [7, 11) is 0. The van der Waals surface area contributed by atoms with Gasteiger partial charge in [-0.1, -0.05) is 31.5 Å². The van der Waals surface area contributed by atoms with Gasteiger partial charge >= 0.3 is 6.01 Å². The van der Waals surface area contributed by atoms with E-state index in [1.54, 1.807) is 13.0 Å². The Morgan fingerprint density at radius 2 is 2.06 bits per heavy atom. The molecule has 0 unspecified atom stereocenters. The molecule has 0 aliphatic carbocycles. The van der Waals surface area contributed by atoms with Gasteiger partial charge in [0.1, 0.15) is 17.4 Å².